The number of thioether (sulfide) groups is 1. The molecule has 0 radical (unpaired) electrons. The van der Waals surface area contributed by atoms with Gasteiger partial charge in [-0.2, -0.15) is 5.10 Å². The molecule has 4 rings (SSSR count). The van der Waals surface area contributed by atoms with Crippen LogP contribution < -0.4 is 5.43 Å². The second kappa shape index (κ2) is 8.70. The lowest BCUT2D eigenvalue weighted by molar-refractivity contribution is 0.0955. The maximum absolute atomic E-state index is 12.3. The highest BCUT2D eigenvalue weighted by Gasteiger charge is 2.08. The molecule has 2 heterocycles. The minimum Gasteiger partial charge on any atom is -0.431 e. The number of hydrogen-bond donors (Lipinski definition) is 1. The van der Waals surface area contributed by atoms with Crippen molar-refractivity contribution < 1.29 is 9.21 Å². The van der Waals surface area contributed by atoms with Crippen molar-refractivity contribution in [2.45, 2.75) is 17.9 Å². The molecule has 0 saturated carbocycles. The van der Waals surface area contributed by atoms with E-state index in [0.717, 1.165) is 22.4 Å². The van der Waals surface area contributed by atoms with Gasteiger partial charge in [0.1, 0.15) is 5.52 Å². The minimum absolute atomic E-state index is 0.265. The van der Waals surface area contributed by atoms with Crippen molar-refractivity contribution in [3.05, 3.63) is 89.7 Å². The van der Waals surface area contributed by atoms with Gasteiger partial charge in [-0.25, -0.2) is 10.4 Å². The molecule has 2 aromatic heterocycles. The number of oxazole rings is 1. The number of hydrogen-bond acceptors (Lipinski definition) is 6. The summed E-state index contributed by atoms with van der Waals surface area (Å²) in [5, 5.41) is 4.75. The van der Waals surface area contributed by atoms with Crippen LogP contribution in [0.4, 0.5) is 0 Å². The fourth-order valence-corrected chi connectivity index (χ4v) is 3.44. The number of benzene rings is 2. The van der Waals surface area contributed by atoms with Crippen LogP contribution in [0.2, 0.25) is 0 Å². The van der Waals surface area contributed by atoms with E-state index in [1.807, 2.05) is 54.6 Å². The van der Waals surface area contributed by atoms with Crippen molar-refractivity contribution in [3.8, 4) is 0 Å². The van der Waals surface area contributed by atoms with Crippen molar-refractivity contribution in [1.82, 2.24) is 15.4 Å². The molecule has 2 aromatic carbocycles. The van der Waals surface area contributed by atoms with E-state index in [0.29, 0.717) is 22.3 Å². The Bertz CT molecular complexity index is 1120. The average Bonchev–Trinajstić information content (AvgIpc) is 3.20. The van der Waals surface area contributed by atoms with E-state index >= 15 is 0 Å². The van der Waals surface area contributed by atoms with Gasteiger partial charge in [-0.1, -0.05) is 42.1 Å². The van der Waals surface area contributed by atoms with Crippen molar-refractivity contribution in [2.24, 2.45) is 5.10 Å². The highest BCUT2D eigenvalue weighted by molar-refractivity contribution is 7.98. The smallest absolute Gasteiger partial charge is 0.271 e. The van der Waals surface area contributed by atoms with Gasteiger partial charge >= 0.3 is 0 Å². The number of para-hydroxylation sites is 2. The first kappa shape index (κ1) is 18.9. The van der Waals surface area contributed by atoms with Crippen LogP contribution in [-0.4, -0.2) is 21.6 Å². The van der Waals surface area contributed by atoms with E-state index in [9.17, 15) is 4.79 Å². The highest BCUT2D eigenvalue weighted by atomic mass is 32.2. The van der Waals surface area contributed by atoms with E-state index in [4.69, 9.17) is 4.42 Å². The molecule has 1 N–H and O–H groups in total. The van der Waals surface area contributed by atoms with Crippen LogP contribution in [0.15, 0.2) is 87.7 Å². The second-order valence-corrected chi connectivity index (χ2v) is 7.21. The largest absolute Gasteiger partial charge is 0.431 e. The molecule has 0 saturated heterocycles. The number of carbonyl (C=O) groups is 1. The summed E-state index contributed by atoms with van der Waals surface area (Å²) in [6, 6.07) is 20.6. The van der Waals surface area contributed by atoms with Crippen molar-refractivity contribution in [2.75, 3.05) is 0 Å². The molecule has 1 amide bonds. The monoisotopic (exact) mass is 402 g/mol. The Morgan fingerprint density at radius 2 is 1.86 bits per heavy atom. The standard InChI is InChI=1S/C22H18N4O2S/c1-15(18-6-4-5-13-23-18)25-26-21(27)17-11-9-16(10-12-17)14-29-22-24-19-7-2-3-8-20(19)28-22/h2-13H,14H2,1H3,(H,26,27)/b25-15-. The molecular formula is C22H18N4O2S. The lowest BCUT2D eigenvalue weighted by Crippen LogP contribution is -2.19. The average molecular weight is 402 g/mol. The van der Waals surface area contributed by atoms with E-state index in [2.05, 4.69) is 20.5 Å². The van der Waals surface area contributed by atoms with Crippen LogP contribution in [0.5, 0.6) is 0 Å². The number of aromatic nitrogens is 2. The molecule has 0 fully saturated rings. The third-order valence-electron chi connectivity index (χ3n) is 4.21. The molecule has 0 aliphatic heterocycles. The number of amides is 1. The Morgan fingerprint density at radius 3 is 2.62 bits per heavy atom. The number of rotatable bonds is 6. The fourth-order valence-electron chi connectivity index (χ4n) is 2.64. The topological polar surface area (TPSA) is 80.4 Å². The third-order valence-corrected chi connectivity index (χ3v) is 5.11. The van der Waals surface area contributed by atoms with Gasteiger partial charge < -0.3 is 4.42 Å². The molecule has 7 heteroatoms. The maximum Gasteiger partial charge on any atom is 0.271 e. The number of hydrazone groups is 1. The summed E-state index contributed by atoms with van der Waals surface area (Å²) in [4.78, 5) is 21.0. The van der Waals surface area contributed by atoms with Crippen molar-refractivity contribution >= 4 is 34.5 Å². The first-order valence-corrected chi connectivity index (χ1v) is 10.0. The third kappa shape index (κ3) is 4.70. The van der Waals surface area contributed by atoms with Gasteiger partial charge in [0.05, 0.1) is 11.4 Å². The Morgan fingerprint density at radius 1 is 1.07 bits per heavy atom. The summed E-state index contributed by atoms with van der Waals surface area (Å²) >= 11 is 1.52. The molecule has 0 aliphatic carbocycles. The number of nitrogens with zero attached hydrogens (tertiary/aromatic N) is 3. The van der Waals surface area contributed by atoms with Crippen LogP contribution in [0.25, 0.3) is 11.1 Å². The summed E-state index contributed by atoms with van der Waals surface area (Å²) < 4.78 is 5.71. The van der Waals surface area contributed by atoms with Gasteiger partial charge in [-0.15, -0.1) is 0 Å². The molecule has 0 atom stereocenters. The highest BCUT2D eigenvalue weighted by Crippen LogP contribution is 2.26. The van der Waals surface area contributed by atoms with Crippen molar-refractivity contribution in [1.29, 1.82) is 0 Å². The minimum atomic E-state index is -0.265. The zero-order valence-corrected chi connectivity index (χ0v) is 16.5. The van der Waals surface area contributed by atoms with E-state index < -0.39 is 0 Å². The lowest BCUT2D eigenvalue weighted by Gasteiger charge is -2.04. The van der Waals surface area contributed by atoms with Gasteiger partial charge in [0.2, 0.25) is 0 Å². The van der Waals surface area contributed by atoms with Crippen LogP contribution in [-0.2, 0) is 5.75 Å². The van der Waals surface area contributed by atoms with Gasteiger partial charge in [-0.05, 0) is 48.9 Å². The summed E-state index contributed by atoms with van der Waals surface area (Å²) in [6.07, 6.45) is 1.69. The summed E-state index contributed by atoms with van der Waals surface area (Å²) in [6.45, 7) is 1.80. The molecule has 0 bridgehead atoms. The fraction of sp³-hybridized carbons (Fsp3) is 0.0909. The number of nitrogens with one attached hydrogen (secondary N) is 1. The summed E-state index contributed by atoms with van der Waals surface area (Å²) in [5.74, 6) is 0.435. The summed E-state index contributed by atoms with van der Waals surface area (Å²) in [5.41, 5.74) is 7.18. The normalized spacial score (nSPS) is 11.6. The first-order valence-electron chi connectivity index (χ1n) is 9.02. The van der Waals surface area contributed by atoms with Crippen LogP contribution in [0.1, 0.15) is 28.5 Å². The molecular weight excluding hydrogens is 384 g/mol. The van der Waals surface area contributed by atoms with Gasteiger partial charge in [0.25, 0.3) is 11.1 Å². The second-order valence-electron chi connectivity index (χ2n) is 6.29. The Labute approximate surface area is 172 Å². The molecule has 144 valence electrons. The van der Waals surface area contributed by atoms with Gasteiger partial charge in [-0.3, -0.25) is 9.78 Å². The SMILES string of the molecule is C/C(=N/NC(=O)c1ccc(CSc2nc3ccccc3o2)cc1)c1ccccn1. The Kier molecular flexibility index (Phi) is 5.67. The van der Waals surface area contributed by atoms with Crippen LogP contribution in [0.3, 0.4) is 0 Å². The van der Waals surface area contributed by atoms with Crippen LogP contribution in [0, 0.1) is 0 Å². The lowest BCUT2D eigenvalue weighted by atomic mass is 10.1. The van der Waals surface area contributed by atoms with E-state index in [-0.39, 0.29) is 5.91 Å². The maximum atomic E-state index is 12.3. The molecule has 4 aromatic rings. The summed E-state index contributed by atoms with van der Waals surface area (Å²) in [7, 11) is 0. The van der Waals surface area contributed by atoms with Gasteiger partial charge in [0.15, 0.2) is 5.58 Å². The van der Waals surface area contributed by atoms with E-state index in [1.165, 1.54) is 11.8 Å². The van der Waals surface area contributed by atoms with Crippen molar-refractivity contribution in [3.63, 3.8) is 0 Å². The van der Waals surface area contributed by atoms with Crippen LogP contribution >= 0.6 is 11.8 Å². The first-order chi connectivity index (χ1) is 14.2. The predicted octanol–water partition coefficient (Wildman–Crippen LogP) is 4.67. The van der Waals surface area contributed by atoms with Gasteiger partial charge in [0, 0.05) is 17.5 Å². The Hall–Kier alpha value is -3.45. The zero-order chi connectivity index (χ0) is 20.1. The molecule has 6 nitrogen and oxygen atoms in total. The molecule has 0 aliphatic rings. The number of carbonyl (C=O) groups excluding carboxylic acids is 1. The Balaban J connectivity index is 1.35. The molecule has 29 heavy (non-hydrogen) atoms. The molecule has 0 unspecified atom stereocenters. The number of fused-ring (bicyclic) bond motifs is 1. The predicted molar refractivity (Wildman–Crippen MR) is 114 cm³/mol. The zero-order valence-electron chi connectivity index (χ0n) is 15.7. The number of pyridine rings is 1. The van der Waals surface area contributed by atoms with E-state index in [1.54, 1.807) is 25.3 Å². The quantitative estimate of drug-likeness (QED) is 0.288. The molecule has 0 spiro atoms.